The minimum absolute atomic E-state index is 0.133. The molecule has 0 aliphatic carbocycles. The van der Waals surface area contributed by atoms with Crippen molar-refractivity contribution in [1.82, 2.24) is 4.57 Å². The van der Waals surface area contributed by atoms with Crippen molar-refractivity contribution in [2.24, 2.45) is 13.0 Å². The maximum atomic E-state index is 13.2. The average Bonchev–Trinajstić information content (AvgIpc) is 3.21. The number of ether oxygens (including phenoxy) is 1. The SMILES string of the molecule is COc1cccc(N2C(=O)C(O)=C(C(=O)C(C)C)C2c2cn(C)c3ccccc23)c1. The van der Waals surface area contributed by atoms with Crippen LogP contribution in [0.2, 0.25) is 0 Å². The number of aromatic nitrogens is 1. The predicted octanol–water partition coefficient (Wildman–Crippen LogP) is 4.31. The fraction of sp³-hybridized carbons (Fsp3) is 0.250. The van der Waals surface area contributed by atoms with Crippen LogP contribution in [0.25, 0.3) is 10.9 Å². The Balaban J connectivity index is 1.98. The Hall–Kier alpha value is -3.54. The van der Waals surface area contributed by atoms with E-state index in [0.29, 0.717) is 11.4 Å². The molecule has 0 saturated heterocycles. The average molecular weight is 404 g/mol. The molecule has 1 unspecified atom stereocenters. The van der Waals surface area contributed by atoms with Gasteiger partial charge in [-0.15, -0.1) is 0 Å². The van der Waals surface area contributed by atoms with E-state index in [-0.39, 0.29) is 17.3 Å². The fourth-order valence-electron chi connectivity index (χ4n) is 4.08. The Kier molecular flexibility index (Phi) is 4.86. The molecule has 1 amide bonds. The quantitative estimate of drug-likeness (QED) is 0.688. The van der Waals surface area contributed by atoms with Gasteiger partial charge in [-0.1, -0.05) is 38.1 Å². The molecule has 0 saturated carbocycles. The van der Waals surface area contributed by atoms with Crippen molar-refractivity contribution in [3.05, 3.63) is 71.6 Å². The predicted molar refractivity (Wildman–Crippen MR) is 116 cm³/mol. The van der Waals surface area contributed by atoms with Crippen molar-refractivity contribution >= 4 is 28.3 Å². The van der Waals surface area contributed by atoms with E-state index in [4.69, 9.17) is 4.74 Å². The van der Waals surface area contributed by atoms with Crippen LogP contribution in [0, 0.1) is 5.92 Å². The van der Waals surface area contributed by atoms with Gasteiger partial charge in [0.15, 0.2) is 11.5 Å². The van der Waals surface area contributed by atoms with E-state index in [9.17, 15) is 14.7 Å². The second kappa shape index (κ2) is 7.37. The summed E-state index contributed by atoms with van der Waals surface area (Å²) in [5.41, 5.74) is 2.45. The number of hydrogen-bond donors (Lipinski definition) is 1. The monoisotopic (exact) mass is 404 g/mol. The highest BCUT2D eigenvalue weighted by Gasteiger charge is 2.45. The second-order valence-electron chi connectivity index (χ2n) is 7.77. The van der Waals surface area contributed by atoms with Crippen LogP contribution in [0.4, 0.5) is 5.69 Å². The zero-order chi connectivity index (χ0) is 21.6. The number of hydrogen-bond acceptors (Lipinski definition) is 4. The van der Waals surface area contributed by atoms with E-state index in [1.807, 2.05) is 42.1 Å². The third-order valence-corrected chi connectivity index (χ3v) is 5.55. The molecule has 1 atom stereocenters. The first-order valence-corrected chi connectivity index (χ1v) is 9.84. The van der Waals surface area contributed by atoms with Gasteiger partial charge in [0.25, 0.3) is 5.91 Å². The number of amides is 1. The zero-order valence-electron chi connectivity index (χ0n) is 17.4. The van der Waals surface area contributed by atoms with E-state index >= 15 is 0 Å². The number of carbonyl (C=O) groups excluding carboxylic acids is 2. The first kappa shape index (κ1) is 19.8. The normalized spacial score (nSPS) is 16.8. The van der Waals surface area contributed by atoms with E-state index in [2.05, 4.69) is 0 Å². The van der Waals surface area contributed by atoms with Crippen molar-refractivity contribution in [3.8, 4) is 5.75 Å². The Morgan fingerprint density at radius 1 is 1.13 bits per heavy atom. The zero-order valence-corrected chi connectivity index (χ0v) is 17.4. The summed E-state index contributed by atoms with van der Waals surface area (Å²) in [7, 11) is 3.47. The Labute approximate surface area is 175 Å². The number of anilines is 1. The maximum Gasteiger partial charge on any atom is 0.294 e. The van der Waals surface area contributed by atoms with Gasteiger partial charge in [0.05, 0.1) is 18.7 Å². The molecule has 1 aliphatic heterocycles. The number of rotatable bonds is 5. The first-order valence-electron chi connectivity index (χ1n) is 9.84. The lowest BCUT2D eigenvalue weighted by Gasteiger charge is -2.27. The third kappa shape index (κ3) is 2.96. The lowest BCUT2D eigenvalue weighted by atomic mass is 9.91. The van der Waals surface area contributed by atoms with Gasteiger partial charge in [-0.25, -0.2) is 0 Å². The number of methoxy groups -OCH3 is 1. The summed E-state index contributed by atoms with van der Waals surface area (Å²) in [4.78, 5) is 27.8. The molecule has 154 valence electrons. The second-order valence-corrected chi connectivity index (χ2v) is 7.77. The van der Waals surface area contributed by atoms with E-state index in [1.165, 1.54) is 4.90 Å². The number of benzene rings is 2. The van der Waals surface area contributed by atoms with Crippen molar-refractivity contribution in [3.63, 3.8) is 0 Å². The van der Waals surface area contributed by atoms with Crippen LogP contribution in [-0.4, -0.2) is 28.5 Å². The number of ketones is 1. The fourth-order valence-corrected chi connectivity index (χ4v) is 4.08. The number of aliphatic hydroxyl groups is 1. The number of aliphatic hydroxyl groups excluding tert-OH is 1. The van der Waals surface area contributed by atoms with Crippen molar-refractivity contribution < 1.29 is 19.4 Å². The van der Waals surface area contributed by atoms with Crippen LogP contribution in [-0.2, 0) is 16.6 Å². The highest BCUT2D eigenvalue weighted by Crippen LogP contribution is 2.44. The Morgan fingerprint density at radius 3 is 2.57 bits per heavy atom. The van der Waals surface area contributed by atoms with E-state index in [0.717, 1.165) is 16.5 Å². The van der Waals surface area contributed by atoms with Crippen LogP contribution in [0.5, 0.6) is 5.75 Å². The van der Waals surface area contributed by atoms with Gasteiger partial charge in [0, 0.05) is 47.4 Å². The minimum atomic E-state index is -0.731. The molecule has 1 aromatic heterocycles. The summed E-state index contributed by atoms with van der Waals surface area (Å²) in [6, 6.07) is 14.1. The van der Waals surface area contributed by atoms with E-state index < -0.39 is 17.7 Å². The van der Waals surface area contributed by atoms with E-state index in [1.54, 1.807) is 45.2 Å². The van der Waals surface area contributed by atoms with Gasteiger partial charge < -0.3 is 14.4 Å². The summed E-state index contributed by atoms with van der Waals surface area (Å²) >= 11 is 0. The van der Waals surface area contributed by atoms with Crippen LogP contribution in [0.3, 0.4) is 0 Å². The van der Waals surface area contributed by atoms with Crippen molar-refractivity contribution in [2.45, 2.75) is 19.9 Å². The molecular weight excluding hydrogens is 380 g/mol. The maximum absolute atomic E-state index is 13.2. The summed E-state index contributed by atoms with van der Waals surface area (Å²) in [5.74, 6) is -1.11. The lowest BCUT2D eigenvalue weighted by Crippen LogP contribution is -2.31. The Bertz CT molecular complexity index is 1190. The molecule has 0 bridgehead atoms. The molecule has 6 nitrogen and oxygen atoms in total. The van der Waals surface area contributed by atoms with Crippen LogP contribution < -0.4 is 9.64 Å². The van der Waals surface area contributed by atoms with Crippen molar-refractivity contribution in [2.75, 3.05) is 12.0 Å². The summed E-state index contributed by atoms with van der Waals surface area (Å²) in [6.45, 7) is 3.53. The van der Waals surface area contributed by atoms with Crippen LogP contribution in [0.1, 0.15) is 25.5 Å². The lowest BCUT2D eigenvalue weighted by molar-refractivity contribution is -0.119. The van der Waals surface area contributed by atoms with Gasteiger partial charge in [-0.3, -0.25) is 14.5 Å². The summed E-state index contributed by atoms with van der Waals surface area (Å²) < 4.78 is 7.28. The number of para-hydroxylation sites is 1. The first-order chi connectivity index (χ1) is 14.3. The molecule has 0 spiro atoms. The van der Waals surface area contributed by atoms with Crippen LogP contribution >= 0.6 is 0 Å². The molecular formula is C24H24N2O4. The molecule has 0 radical (unpaired) electrons. The van der Waals surface area contributed by atoms with Gasteiger partial charge >= 0.3 is 0 Å². The minimum Gasteiger partial charge on any atom is -0.503 e. The molecule has 30 heavy (non-hydrogen) atoms. The molecule has 3 aromatic rings. The molecule has 2 heterocycles. The molecule has 2 aromatic carbocycles. The highest BCUT2D eigenvalue weighted by molar-refractivity contribution is 6.17. The number of aryl methyl sites for hydroxylation is 1. The van der Waals surface area contributed by atoms with Crippen molar-refractivity contribution in [1.29, 1.82) is 0 Å². The highest BCUT2D eigenvalue weighted by atomic mass is 16.5. The smallest absolute Gasteiger partial charge is 0.294 e. The number of fused-ring (bicyclic) bond motifs is 1. The molecule has 6 heteroatoms. The largest absolute Gasteiger partial charge is 0.503 e. The number of Topliss-reactive ketones (excluding diaryl/α,β-unsaturated/α-hetero) is 1. The van der Waals surface area contributed by atoms with Gasteiger partial charge in [0.1, 0.15) is 5.75 Å². The van der Waals surface area contributed by atoms with Gasteiger partial charge in [-0.05, 0) is 18.2 Å². The van der Waals surface area contributed by atoms with Crippen LogP contribution in [0.15, 0.2) is 66.1 Å². The standard InChI is InChI=1S/C24H24N2O4/c1-14(2)22(27)20-21(18-13-25(3)19-11-6-5-10-17(18)19)26(24(29)23(20)28)15-8-7-9-16(12-15)30-4/h5-14,21,28H,1-4H3. The third-order valence-electron chi connectivity index (χ3n) is 5.55. The number of carbonyl (C=O) groups is 2. The Morgan fingerprint density at radius 2 is 1.87 bits per heavy atom. The molecule has 1 aliphatic rings. The molecule has 4 rings (SSSR count). The topological polar surface area (TPSA) is 71.8 Å². The number of nitrogens with zero attached hydrogens (tertiary/aromatic N) is 2. The summed E-state index contributed by atoms with van der Waals surface area (Å²) in [5, 5.41) is 11.7. The van der Waals surface area contributed by atoms with Gasteiger partial charge in [-0.2, -0.15) is 0 Å². The molecule has 0 fully saturated rings. The summed E-state index contributed by atoms with van der Waals surface area (Å²) in [6.07, 6.45) is 1.92. The molecule has 1 N–H and O–H groups in total. The van der Waals surface area contributed by atoms with Gasteiger partial charge in [0.2, 0.25) is 0 Å².